The molecule has 0 bridgehead atoms. The zero-order valence-electron chi connectivity index (χ0n) is 12.2. The molecule has 5 nitrogen and oxygen atoms in total. The Bertz CT molecular complexity index is 681. The van der Waals surface area contributed by atoms with Crippen molar-refractivity contribution < 1.29 is 9.90 Å². The van der Waals surface area contributed by atoms with Crippen LogP contribution in [0.2, 0.25) is 0 Å². The van der Waals surface area contributed by atoms with Gasteiger partial charge in [-0.05, 0) is 36.8 Å². The van der Waals surface area contributed by atoms with Crippen LogP contribution in [-0.2, 0) is 4.79 Å². The Kier molecular flexibility index (Phi) is 3.65. The lowest BCUT2D eigenvalue weighted by Crippen LogP contribution is -2.11. The lowest BCUT2D eigenvalue weighted by Gasteiger charge is -2.19. The highest BCUT2D eigenvalue weighted by Gasteiger charge is 2.34. The van der Waals surface area contributed by atoms with Crippen molar-refractivity contribution in [1.29, 1.82) is 0 Å². The van der Waals surface area contributed by atoms with Crippen molar-refractivity contribution in [1.82, 2.24) is 14.5 Å². The van der Waals surface area contributed by atoms with Crippen molar-refractivity contribution in [2.24, 2.45) is 5.41 Å². The average Bonchev–Trinajstić information content (AvgIpc) is 2.95. The van der Waals surface area contributed by atoms with Crippen molar-refractivity contribution >= 4 is 28.9 Å². The van der Waals surface area contributed by atoms with Crippen LogP contribution in [0.3, 0.4) is 0 Å². The first-order valence-electron chi connectivity index (χ1n) is 7.14. The highest BCUT2D eigenvalue weighted by Crippen LogP contribution is 2.45. The molecular formula is C15H19N3O2S. The molecule has 0 radical (unpaired) electrons. The molecule has 2 heterocycles. The van der Waals surface area contributed by atoms with Gasteiger partial charge in [-0.3, -0.25) is 4.79 Å². The molecule has 1 N–H and O–H groups in total. The van der Waals surface area contributed by atoms with Gasteiger partial charge in [0, 0.05) is 12.2 Å². The van der Waals surface area contributed by atoms with Gasteiger partial charge in [-0.2, -0.15) is 0 Å². The molecule has 2 aromatic heterocycles. The Morgan fingerprint density at radius 2 is 2.38 bits per heavy atom. The van der Waals surface area contributed by atoms with Crippen molar-refractivity contribution in [3.05, 3.63) is 18.3 Å². The van der Waals surface area contributed by atoms with E-state index in [0.29, 0.717) is 11.5 Å². The van der Waals surface area contributed by atoms with E-state index in [4.69, 9.17) is 5.11 Å². The second kappa shape index (κ2) is 5.33. The normalized spacial score (nSPS) is 21.0. The molecule has 0 aliphatic heterocycles. The lowest BCUT2D eigenvalue weighted by molar-refractivity contribution is -0.133. The van der Waals surface area contributed by atoms with E-state index in [9.17, 15) is 4.79 Å². The van der Waals surface area contributed by atoms with Crippen LogP contribution in [0.4, 0.5) is 0 Å². The van der Waals surface area contributed by atoms with Crippen molar-refractivity contribution in [3.63, 3.8) is 0 Å². The summed E-state index contributed by atoms with van der Waals surface area (Å²) in [6.45, 7) is 4.56. The first-order valence-corrected chi connectivity index (χ1v) is 8.12. The number of nitrogens with zero attached hydrogens (tertiary/aromatic N) is 3. The van der Waals surface area contributed by atoms with E-state index in [1.165, 1.54) is 18.2 Å². The maximum atomic E-state index is 10.8. The Balaban J connectivity index is 2.01. The van der Waals surface area contributed by atoms with Gasteiger partial charge in [0.1, 0.15) is 5.52 Å². The Morgan fingerprint density at radius 3 is 3.05 bits per heavy atom. The molecule has 1 saturated carbocycles. The molecule has 1 aliphatic rings. The largest absolute Gasteiger partial charge is 0.481 e. The minimum Gasteiger partial charge on any atom is -0.481 e. The molecule has 3 rings (SSSR count). The smallest absolute Gasteiger partial charge is 0.313 e. The topological polar surface area (TPSA) is 68.0 Å². The molecule has 2 aromatic rings. The van der Waals surface area contributed by atoms with Gasteiger partial charge in [-0.15, -0.1) is 0 Å². The summed E-state index contributed by atoms with van der Waals surface area (Å²) in [4.78, 5) is 19.9. The first-order chi connectivity index (χ1) is 9.96. The summed E-state index contributed by atoms with van der Waals surface area (Å²) < 4.78 is 2.15. The van der Waals surface area contributed by atoms with E-state index in [1.54, 1.807) is 6.20 Å². The van der Waals surface area contributed by atoms with Crippen LogP contribution in [-0.4, -0.2) is 31.4 Å². The summed E-state index contributed by atoms with van der Waals surface area (Å²) in [6.07, 6.45) is 5.12. The van der Waals surface area contributed by atoms with E-state index in [0.717, 1.165) is 29.2 Å². The van der Waals surface area contributed by atoms with E-state index >= 15 is 0 Å². The number of aromatic nitrogens is 3. The predicted molar refractivity (Wildman–Crippen MR) is 82.6 cm³/mol. The Morgan fingerprint density at radius 1 is 1.57 bits per heavy atom. The lowest BCUT2D eigenvalue weighted by atomic mass is 9.92. The quantitative estimate of drug-likeness (QED) is 0.877. The number of pyridine rings is 1. The third-order valence-electron chi connectivity index (χ3n) is 4.05. The number of rotatable bonds is 4. The van der Waals surface area contributed by atoms with Gasteiger partial charge in [0.15, 0.2) is 10.8 Å². The molecule has 1 fully saturated rings. The van der Waals surface area contributed by atoms with Crippen LogP contribution in [0, 0.1) is 5.41 Å². The molecule has 112 valence electrons. The highest BCUT2D eigenvalue weighted by molar-refractivity contribution is 7.99. The Labute approximate surface area is 127 Å². The van der Waals surface area contributed by atoms with Crippen molar-refractivity contribution in [2.45, 2.75) is 44.3 Å². The zero-order valence-corrected chi connectivity index (χ0v) is 13.1. The minimum atomic E-state index is -0.821. The van der Waals surface area contributed by atoms with Crippen LogP contribution in [0.1, 0.15) is 39.2 Å². The van der Waals surface area contributed by atoms with Gasteiger partial charge >= 0.3 is 5.97 Å². The summed E-state index contributed by atoms with van der Waals surface area (Å²) >= 11 is 1.28. The number of carbonyl (C=O) groups is 1. The molecule has 6 heteroatoms. The number of hydrogen-bond donors (Lipinski definition) is 1. The van der Waals surface area contributed by atoms with E-state index in [-0.39, 0.29) is 5.75 Å². The molecule has 0 amide bonds. The fourth-order valence-electron chi connectivity index (χ4n) is 3.09. The number of carboxylic acid groups (broad SMARTS) is 1. The van der Waals surface area contributed by atoms with Gasteiger partial charge in [0.25, 0.3) is 0 Å². The minimum absolute atomic E-state index is 0.0272. The first kappa shape index (κ1) is 14.4. The van der Waals surface area contributed by atoms with E-state index in [2.05, 4.69) is 28.4 Å². The zero-order chi connectivity index (χ0) is 15.0. The molecule has 1 aliphatic carbocycles. The molecule has 1 atom stereocenters. The van der Waals surface area contributed by atoms with Crippen LogP contribution in [0.15, 0.2) is 23.5 Å². The number of aliphatic carboxylic acids is 1. The van der Waals surface area contributed by atoms with Gasteiger partial charge in [0.05, 0.1) is 5.75 Å². The van der Waals surface area contributed by atoms with Gasteiger partial charge in [-0.25, -0.2) is 9.97 Å². The predicted octanol–water partition coefficient (Wildman–Crippen LogP) is 3.36. The number of thioether (sulfide) groups is 1. The van der Waals surface area contributed by atoms with Gasteiger partial charge in [0.2, 0.25) is 0 Å². The summed E-state index contributed by atoms with van der Waals surface area (Å²) in [6, 6.07) is 4.16. The molecular weight excluding hydrogens is 286 g/mol. The molecule has 0 saturated heterocycles. The third kappa shape index (κ3) is 2.90. The number of hydrogen-bond acceptors (Lipinski definition) is 4. The second-order valence-electron chi connectivity index (χ2n) is 6.35. The summed E-state index contributed by atoms with van der Waals surface area (Å²) in [5.41, 5.74) is 2.04. The third-order valence-corrected chi connectivity index (χ3v) is 4.99. The maximum Gasteiger partial charge on any atom is 0.313 e. The molecule has 1 unspecified atom stereocenters. The second-order valence-corrected chi connectivity index (χ2v) is 7.30. The van der Waals surface area contributed by atoms with Crippen molar-refractivity contribution in [3.8, 4) is 0 Å². The Hall–Kier alpha value is -1.56. The van der Waals surface area contributed by atoms with Crippen LogP contribution >= 0.6 is 11.8 Å². The van der Waals surface area contributed by atoms with E-state index in [1.807, 2.05) is 12.1 Å². The van der Waals surface area contributed by atoms with Crippen LogP contribution < -0.4 is 0 Å². The highest BCUT2D eigenvalue weighted by atomic mass is 32.2. The molecule has 0 aromatic carbocycles. The standard InChI is InChI=1S/C15H19N3O2S/c1-15(2)6-5-10(8-15)18-13-11(4-3-7-16-13)17-14(18)21-9-12(19)20/h3-4,7,10H,5-6,8-9H2,1-2H3,(H,19,20). The number of fused-ring (bicyclic) bond motifs is 1. The van der Waals surface area contributed by atoms with E-state index < -0.39 is 5.97 Å². The molecule has 0 spiro atoms. The average molecular weight is 305 g/mol. The SMILES string of the molecule is CC1(C)CCC(n2c(SCC(=O)O)nc3cccnc32)C1. The number of imidazole rings is 1. The van der Waals surface area contributed by atoms with Gasteiger partial charge < -0.3 is 9.67 Å². The summed E-state index contributed by atoms with van der Waals surface area (Å²) in [5, 5.41) is 9.69. The fraction of sp³-hybridized carbons (Fsp3) is 0.533. The summed E-state index contributed by atoms with van der Waals surface area (Å²) in [5.74, 6) is -0.794. The van der Waals surface area contributed by atoms with Crippen molar-refractivity contribution in [2.75, 3.05) is 5.75 Å². The number of carboxylic acids is 1. The van der Waals surface area contributed by atoms with Gasteiger partial charge in [-0.1, -0.05) is 25.6 Å². The fourth-order valence-corrected chi connectivity index (χ4v) is 3.88. The summed E-state index contributed by atoms with van der Waals surface area (Å²) in [7, 11) is 0. The monoisotopic (exact) mass is 305 g/mol. The maximum absolute atomic E-state index is 10.8. The van der Waals surface area contributed by atoms with Crippen LogP contribution in [0.5, 0.6) is 0 Å². The molecule has 21 heavy (non-hydrogen) atoms. The van der Waals surface area contributed by atoms with Crippen LogP contribution in [0.25, 0.3) is 11.2 Å².